The standard InChI is InChI=1S/C24H33N3O/c1-15-13-25-14-21(27-15)20-7-6-18-17-5-4-16-12-22(28)26-11-10-23(16,2)19(17)8-9-24(18,20)3/h7,13-14,16-19H,4-6,8-12H2,1-3H3,(H,26,28)/t16-,17-,18-,19-,23-,24-/m0/s1. The van der Waals surface area contributed by atoms with Crippen molar-refractivity contribution < 1.29 is 4.79 Å². The third-order valence-corrected chi connectivity index (χ3v) is 9.09. The van der Waals surface area contributed by atoms with Crippen LogP contribution in [0, 0.1) is 41.4 Å². The fraction of sp³-hybridized carbons (Fsp3) is 0.708. The number of aromatic nitrogens is 2. The SMILES string of the molecule is Cc1cncc(C2=CC[C@H]3[C@@H]4CC[C@H]5CC(=O)NCC[C@]5(C)[C@H]4CC[C@]23C)n1. The first kappa shape index (κ1) is 18.3. The van der Waals surface area contributed by atoms with Gasteiger partial charge in [0, 0.05) is 19.2 Å². The second kappa shape index (κ2) is 6.40. The van der Waals surface area contributed by atoms with E-state index in [0.29, 0.717) is 17.3 Å². The molecule has 150 valence electrons. The van der Waals surface area contributed by atoms with E-state index in [1.165, 1.54) is 37.7 Å². The maximum Gasteiger partial charge on any atom is 0.220 e. The summed E-state index contributed by atoms with van der Waals surface area (Å²) in [6.45, 7) is 7.89. The molecular weight excluding hydrogens is 346 g/mol. The highest BCUT2D eigenvalue weighted by molar-refractivity contribution is 5.76. The van der Waals surface area contributed by atoms with Gasteiger partial charge in [0.2, 0.25) is 5.91 Å². The molecule has 1 aliphatic heterocycles. The monoisotopic (exact) mass is 379 g/mol. The molecule has 28 heavy (non-hydrogen) atoms. The van der Waals surface area contributed by atoms with Gasteiger partial charge in [0.25, 0.3) is 0 Å². The Morgan fingerprint density at radius 1 is 1.11 bits per heavy atom. The summed E-state index contributed by atoms with van der Waals surface area (Å²) in [5.74, 6) is 3.09. The first-order valence-electron chi connectivity index (χ1n) is 11.2. The molecule has 0 radical (unpaired) electrons. The predicted octanol–water partition coefficient (Wildman–Crippen LogP) is 4.55. The number of nitrogens with one attached hydrogen (secondary N) is 1. The lowest BCUT2D eigenvalue weighted by Crippen LogP contribution is -2.51. The molecule has 1 aromatic heterocycles. The van der Waals surface area contributed by atoms with Crippen molar-refractivity contribution in [3.05, 3.63) is 29.9 Å². The molecule has 3 aliphatic carbocycles. The number of amides is 1. The van der Waals surface area contributed by atoms with Gasteiger partial charge in [-0.3, -0.25) is 14.8 Å². The number of hydrogen-bond acceptors (Lipinski definition) is 3. The Bertz CT molecular complexity index is 833. The Hall–Kier alpha value is -1.71. The van der Waals surface area contributed by atoms with Crippen LogP contribution in [0.2, 0.25) is 0 Å². The van der Waals surface area contributed by atoms with E-state index in [1.807, 2.05) is 19.3 Å². The fourth-order valence-electron chi connectivity index (χ4n) is 7.58. The van der Waals surface area contributed by atoms with Crippen molar-refractivity contribution in [3.8, 4) is 0 Å². The van der Waals surface area contributed by atoms with E-state index in [4.69, 9.17) is 4.98 Å². The normalized spacial score (nSPS) is 42.5. The molecule has 0 bridgehead atoms. The summed E-state index contributed by atoms with van der Waals surface area (Å²) in [5.41, 5.74) is 4.08. The summed E-state index contributed by atoms with van der Waals surface area (Å²) in [5, 5.41) is 3.14. The van der Waals surface area contributed by atoms with Gasteiger partial charge in [-0.25, -0.2) is 0 Å². The average molecular weight is 380 g/mol. The van der Waals surface area contributed by atoms with Crippen molar-refractivity contribution in [3.63, 3.8) is 0 Å². The molecule has 5 rings (SSSR count). The van der Waals surface area contributed by atoms with Gasteiger partial charge < -0.3 is 5.32 Å². The van der Waals surface area contributed by atoms with E-state index >= 15 is 0 Å². The Kier molecular flexibility index (Phi) is 4.19. The average Bonchev–Trinajstić information content (AvgIpc) is 2.93. The fourth-order valence-corrected chi connectivity index (χ4v) is 7.58. The van der Waals surface area contributed by atoms with E-state index in [1.54, 1.807) is 0 Å². The van der Waals surface area contributed by atoms with Gasteiger partial charge in [0.05, 0.1) is 17.6 Å². The maximum absolute atomic E-state index is 12.2. The molecule has 4 heteroatoms. The third kappa shape index (κ3) is 2.59. The Balaban J connectivity index is 1.45. The largest absolute Gasteiger partial charge is 0.356 e. The van der Waals surface area contributed by atoms with Crippen molar-refractivity contribution in [2.45, 2.75) is 65.7 Å². The lowest BCUT2D eigenvalue weighted by molar-refractivity contribution is -0.124. The van der Waals surface area contributed by atoms with Crippen LogP contribution in [-0.4, -0.2) is 22.4 Å². The summed E-state index contributed by atoms with van der Waals surface area (Å²) in [4.78, 5) is 21.4. The van der Waals surface area contributed by atoms with Gasteiger partial charge in [0.15, 0.2) is 0 Å². The number of allylic oxidation sites excluding steroid dienone is 2. The van der Waals surface area contributed by atoms with Crippen LogP contribution in [0.1, 0.15) is 70.2 Å². The van der Waals surface area contributed by atoms with Gasteiger partial charge in [-0.05, 0) is 85.5 Å². The van der Waals surface area contributed by atoms with E-state index in [-0.39, 0.29) is 11.3 Å². The first-order valence-corrected chi connectivity index (χ1v) is 11.2. The van der Waals surface area contributed by atoms with Gasteiger partial charge in [0.1, 0.15) is 0 Å². The summed E-state index contributed by atoms with van der Waals surface area (Å²) in [6, 6.07) is 0. The molecule has 4 nitrogen and oxygen atoms in total. The van der Waals surface area contributed by atoms with Crippen LogP contribution in [0.4, 0.5) is 0 Å². The Morgan fingerprint density at radius 3 is 2.79 bits per heavy atom. The van der Waals surface area contributed by atoms with Crippen molar-refractivity contribution >= 4 is 11.5 Å². The molecule has 3 fully saturated rings. The number of hydrogen-bond donors (Lipinski definition) is 1. The van der Waals surface area contributed by atoms with E-state index in [0.717, 1.165) is 42.6 Å². The van der Waals surface area contributed by atoms with E-state index in [9.17, 15) is 4.79 Å². The number of fused-ring (bicyclic) bond motifs is 5. The van der Waals surface area contributed by atoms with Crippen LogP contribution >= 0.6 is 0 Å². The smallest absolute Gasteiger partial charge is 0.220 e. The van der Waals surface area contributed by atoms with Crippen molar-refractivity contribution in [2.75, 3.05) is 6.54 Å². The minimum Gasteiger partial charge on any atom is -0.356 e. The van der Waals surface area contributed by atoms with Crippen molar-refractivity contribution in [1.29, 1.82) is 0 Å². The third-order valence-electron chi connectivity index (χ3n) is 9.09. The van der Waals surface area contributed by atoms with Crippen LogP contribution in [0.5, 0.6) is 0 Å². The minimum atomic E-state index is 0.228. The molecule has 0 spiro atoms. The zero-order valence-electron chi connectivity index (χ0n) is 17.5. The predicted molar refractivity (Wildman–Crippen MR) is 110 cm³/mol. The Morgan fingerprint density at radius 2 is 1.96 bits per heavy atom. The number of rotatable bonds is 1. The quantitative estimate of drug-likeness (QED) is 0.779. The number of aryl methyl sites for hydroxylation is 1. The van der Waals surface area contributed by atoms with Crippen LogP contribution in [0.3, 0.4) is 0 Å². The van der Waals surface area contributed by atoms with Gasteiger partial charge >= 0.3 is 0 Å². The highest BCUT2D eigenvalue weighted by Gasteiger charge is 2.58. The highest BCUT2D eigenvalue weighted by Crippen LogP contribution is 2.66. The van der Waals surface area contributed by atoms with Gasteiger partial charge in [-0.2, -0.15) is 0 Å². The summed E-state index contributed by atoms with van der Waals surface area (Å²) >= 11 is 0. The summed E-state index contributed by atoms with van der Waals surface area (Å²) in [7, 11) is 0. The van der Waals surface area contributed by atoms with Gasteiger partial charge in [-0.1, -0.05) is 19.9 Å². The molecule has 1 amide bonds. The molecule has 0 aromatic carbocycles. The highest BCUT2D eigenvalue weighted by atomic mass is 16.1. The van der Waals surface area contributed by atoms with E-state index < -0.39 is 0 Å². The topological polar surface area (TPSA) is 54.9 Å². The number of nitrogens with zero attached hydrogens (tertiary/aromatic N) is 2. The molecule has 2 heterocycles. The second-order valence-corrected chi connectivity index (χ2v) is 10.3. The lowest BCUT2D eigenvalue weighted by atomic mass is 9.46. The molecule has 1 saturated heterocycles. The van der Waals surface area contributed by atoms with Crippen LogP contribution in [0.25, 0.3) is 5.57 Å². The van der Waals surface area contributed by atoms with E-state index in [2.05, 4.69) is 30.2 Å². The second-order valence-electron chi connectivity index (χ2n) is 10.3. The van der Waals surface area contributed by atoms with Gasteiger partial charge in [-0.15, -0.1) is 0 Å². The zero-order chi connectivity index (χ0) is 19.5. The molecular formula is C24H33N3O. The first-order chi connectivity index (χ1) is 13.4. The number of carbonyl (C=O) groups is 1. The molecule has 2 saturated carbocycles. The summed E-state index contributed by atoms with van der Waals surface area (Å²) in [6.07, 6.45) is 14.4. The molecule has 4 aliphatic rings. The molecule has 6 atom stereocenters. The van der Waals surface area contributed by atoms with Crippen molar-refractivity contribution in [2.24, 2.45) is 34.5 Å². The maximum atomic E-state index is 12.2. The minimum absolute atomic E-state index is 0.228. The Labute approximate surface area is 168 Å². The molecule has 0 unspecified atom stereocenters. The van der Waals surface area contributed by atoms with Crippen LogP contribution in [0.15, 0.2) is 18.5 Å². The molecule has 1 N–H and O–H groups in total. The lowest BCUT2D eigenvalue weighted by Gasteiger charge is -2.58. The van der Waals surface area contributed by atoms with Crippen LogP contribution in [-0.2, 0) is 4.79 Å². The summed E-state index contributed by atoms with van der Waals surface area (Å²) < 4.78 is 0. The van der Waals surface area contributed by atoms with Crippen LogP contribution < -0.4 is 5.32 Å². The van der Waals surface area contributed by atoms with Crippen molar-refractivity contribution in [1.82, 2.24) is 15.3 Å². The number of carbonyl (C=O) groups excluding carboxylic acids is 1. The molecule has 1 aromatic rings. The zero-order valence-corrected chi connectivity index (χ0v) is 17.5.